The number of halogens is 2. The molecular weight excluding hydrogens is 395 g/mol. The van der Waals surface area contributed by atoms with Crippen LogP contribution in [0.15, 0.2) is 81.9 Å². The molecule has 0 saturated heterocycles. The quantitative estimate of drug-likeness (QED) is 0.417. The van der Waals surface area contributed by atoms with Gasteiger partial charge in [0.1, 0.15) is 11.6 Å². The number of carbonyl (C=O) groups excluding carboxylic acids is 1. The average molecular weight is 411 g/mol. The molecule has 0 radical (unpaired) electrons. The van der Waals surface area contributed by atoms with Gasteiger partial charge in [-0.15, -0.1) is 0 Å². The molecule has 0 aliphatic carbocycles. The van der Waals surface area contributed by atoms with Crippen LogP contribution < -0.4 is 0 Å². The molecule has 0 atom stereocenters. The van der Waals surface area contributed by atoms with Gasteiger partial charge in [-0.25, -0.2) is 4.39 Å². The van der Waals surface area contributed by atoms with Crippen LogP contribution in [0, 0.1) is 5.82 Å². The normalized spacial score (nSPS) is 10.8. The molecule has 2 aromatic heterocycles. The first-order valence-electron chi connectivity index (χ1n) is 8.87. The Morgan fingerprint density at radius 3 is 2.48 bits per heavy atom. The van der Waals surface area contributed by atoms with Crippen molar-refractivity contribution < 1.29 is 18.1 Å². The zero-order valence-corrected chi connectivity index (χ0v) is 16.0. The van der Waals surface area contributed by atoms with Gasteiger partial charge < -0.3 is 13.8 Å². The van der Waals surface area contributed by atoms with Crippen LogP contribution in [-0.4, -0.2) is 16.0 Å². The highest BCUT2D eigenvalue weighted by atomic mass is 35.5. The Kier molecular flexibility index (Phi) is 5.44. The molecule has 7 heteroatoms. The Labute approximate surface area is 171 Å². The Morgan fingerprint density at radius 2 is 1.79 bits per heavy atom. The van der Waals surface area contributed by atoms with E-state index in [0.717, 1.165) is 11.1 Å². The van der Waals surface area contributed by atoms with Crippen LogP contribution in [0.2, 0.25) is 5.02 Å². The molecular formula is C22H16ClFN2O3. The molecule has 146 valence electrons. The predicted octanol–water partition coefficient (Wildman–Crippen LogP) is 5.57. The minimum Gasteiger partial charge on any atom is -0.467 e. The number of furan rings is 1. The topological polar surface area (TPSA) is 59.5 Å². The fraction of sp³-hybridized carbons (Fsp3) is 0.0909. The lowest BCUT2D eigenvalue weighted by Gasteiger charge is -2.20. The second kappa shape index (κ2) is 8.32. The molecule has 1 amide bonds. The molecule has 0 fully saturated rings. The molecule has 0 bridgehead atoms. The second-order valence-corrected chi connectivity index (χ2v) is 6.89. The van der Waals surface area contributed by atoms with Crippen molar-refractivity contribution in [3.63, 3.8) is 0 Å². The van der Waals surface area contributed by atoms with E-state index in [-0.39, 0.29) is 30.5 Å². The van der Waals surface area contributed by atoms with Crippen molar-refractivity contribution in [1.82, 2.24) is 10.1 Å². The highest BCUT2D eigenvalue weighted by molar-refractivity contribution is 6.30. The van der Waals surface area contributed by atoms with Crippen LogP contribution in [0.3, 0.4) is 0 Å². The Hall–Kier alpha value is -3.38. The van der Waals surface area contributed by atoms with Crippen LogP contribution in [0.4, 0.5) is 4.39 Å². The van der Waals surface area contributed by atoms with E-state index in [9.17, 15) is 9.18 Å². The van der Waals surface area contributed by atoms with Gasteiger partial charge in [-0.1, -0.05) is 28.9 Å². The van der Waals surface area contributed by atoms with E-state index in [1.54, 1.807) is 65.8 Å². The molecule has 0 N–H and O–H groups in total. The summed E-state index contributed by atoms with van der Waals surface area (Å²) in [5, 5.41) is 4.54. The van der Waals surface area contributed by atoms with Crippen LogP contribution in [0.25, 0.3) is 11.3 Å². The Bertz CT molecular complexity index is 1090. The fourth-order valence-corrected chi connectivity index (χ4v) is 3.01. The van der Waals surface area contributed by atoms with Crippen molar-refractivity contribution in [3.8, 4) is 11.3 Å². The lowest BCUT2D eigenvalue weighted by atomic mass is 10.1. The number of hydrogen-bond donors (Lipinski definition) is 0. The molecule has 4 rings (SSSR count). The first kappa shape index (κ1) is 19.0. The lowest BCUT2D eigenvalue weighted by molar-refractivity contribution is 0.0707. The van der Waals surface area contributed by atoms with Crippen LogP contribution >= 0.6 is 11.6 Å². The first-order valence-corrected chi connectivity index (χ1v) is 9.25. The van der Waals surface area contributed by atoms with E-state index in [2.05, 4.69) is 5.16 Å². The van der Waals surface area contributed by atoms with Gasteiger partial charge in [-0.3, -0.25) is 4.79 Å². The molecule has 2 heterocycles. The number of aromatic nitrogens is 1. The van der Waals surface area contributed by atoms with E-state index in [0.29, 0.717) is 16.5 Å². The summed E-state index contributed by atoms with van der Waals surface area (Å²) in [4.78, 5) is 14.7. The predicted molar refractivity (Wildman–Crippen MR) is 106 cm³/mol. The van der Waals surface area contributed by atoms with E-state index in [4.69, 9.17) is 20.5 Å². The third-order valence-corrected chi connectivity index (χ3v) is 4.61. The van der Waals surface area contributed by atoms with Gasteiger partial charge in [-0.05, 0) is 54.1 Å². The first-order chi connectivity index (χ1) is 14.1. The van der Waals surface area contributed by atoms with Crippen molar-refractivity contribution in [2.24, 2.45) is 0 Å². The number of hydrogen-bond acceptors (Lipinski definition) is 4. The van der Waals surface area contributed by atoms with E-state index >= 15 is 0 Å². The SMILES string of the molecule is O=C(c1cc(-c2ccc(Cl)cc2)on1)N(Cc1ccc(F)cc1)Cc1ccco1. The van der Waals surface area contributed by atoms with Crippen LogP contribution in [0.5, 0.6) is 0 Å². The smallest absolute Gasteiger partial charge is 0.276 e. The highest BCUT2D eigenvalue weighted by Gasteiger charge is 2.22. The molecule has 4 aromatic rings. The number of benzene rings is 2. The average Bonchev–Trinajstić information content (AvgIpc) is 3.41. The Balaban J connectivity index is 1.58. The molecule has 0 spiro atoms. The number of rotatable bonds is 6. The lowest BCUT2D eigenvalue weighted by Crippen LogP contribution is -2.30. The minimum atomic E-state index is -0.332. The summed E-state index contributed by atoms with van der Waals surface area (Å²) in [6.45, 7) is 0.509. The largest absolute Gasteiger partial charge is 0.467 e. The molecule has 5 nitrogen and oxygen atoms in total. The maximum atomic E-state index is 13.2. The van der Waals surface area contributed by atoms with E-state index in [1.807, 2.05) is 0 Å². The summed E-state index contributed by atoms with van der Waals surface area (Å²) in [7, 11) is 0. The molecule has 0 unspecified atom stereocenters. The van der Waals surface area contributed by atoms with Gasteiger partial charge in [-0.2, -0.15) is 0 Å². The Morgan fingerprint density at radius 1 is 1.03 bits per heavy atom. The van der Waals surface area contributed by atoms with Crippen molar-refractivity contribution in [2.45, 2.75) is 13.1 Å². The molecule has 29 heavy (non-hydrogen) atoms. The number of carbonyl (C=O) groups is 1. The van der Waals surface area contributed by atoms with Crippen molar-refractivity contribution in [1.29, 1.82) is 0 Å². The molecule has 2 aromatic carbocycles. The van der Waals surface area contributed by atoms with Gasteiger partial charge in [0.2, 0.25) is 0 Å². The molecule has 0 saturated carbocycles. The van der Waals surface area contributed by atoms with Gasteiger partial charge in [0.05, 0.1) is 12.8 Å². The zero-order chi connectivity index (χ0) is 20.2. The zero-order valence-electron chi connectivity index (χ0n) is 15.2. The standard InChI is InChI=1S/C22H16ClFN2O3/c23-17-7-5-16(6-8-17)21-12-20(25-29-21)22(27)26(14-19-2-1-11-28-19)13-15-3-9-18(24)10-4-15/h1-12H,13-14H2. The van der Waals surface area contributed by atoms with E-state index < -0.39 is 0 Å². The molecule has 0 aliphatic heterocycles. The summed E-state index contributed by atoms with van der Waals surface area (Å²) < 4.78 is 23.9. The molecule has 0 aliphatic rings. The minimum absolute atomic E-state index is 0.170. The third-order valence-electron chi connectivity index (χ3n) is 4.36. The van der Waals surface area contributed by atoms with E-state index in [1.165, 1.54) is 12.1 Å². The van der Waals surface area contributed by atoms with Gasteiger partial charge in [0, 0.05) is 23.2 Å². The fourth-order valence-electron chi connectivity index (χ4n) is 2.89. The maximum Gasteiger partial charge on any atom is 0.276 e. The monoisotopic (exact) mass is 410 g/mol. The van der Waals surface area contributed by atoms with Crippen molar-refractivity contribution in [2.75, 3.05) is 0 Å². The highest BCUT2D eigenvalue weighted by Crippen LogP contribution is 2.23. The van der Waals surface area contributed by atoms with Gasteiger partial charge >= 0.3 is 0 Å². The van der Waals surface area contributed by atoms with Crippen LogP contribution in [0.1, 0.15) is 21.8 Å². The summed E-state index contributed by atoms with van der Waals surface area (Å²) in [6.07, 6.45) is 1.55. The third kappa shape index (κ3) is 4.55. The van der Waals surface area contributed by atoms with Crippen LogP contribution in [-0.2, 0) is 13.1 Å². The van der Waals surface area contributed by atoms with Gasteiger partial charge in [0.25, 0.3) is 5.91 Å². The number of nitrogens with zero attached hydrogens (tertiary/aromatic N) is 2. The summed E-state index contributed by atoms with van der Waals surface area (Å²) in [5.41, 5.74) is 1.72. The second-order valence-electron chi connectivity index (χ2n) is 6.45. The number of amides is 1. The summed E-state index contributed by atoms with van der Waals surface area (Å²) in [5.74, 6) is 0.433. The van der Waals surface area contributed by atoms with Crippen molar-refractivity contribution >= 4 is 17.5 Å². The maximum absolute atomic E-state index is 13.2. The summed E-state index contributed by atoms with van der Waals surface area (Å²) >= 11 is 5.91. The van der Waals surface area contributed by atoms with Crippen molar-refractivity contribution in [3.05, 3.63) is 101 Å². The summed E-state index contributed by atoms with van der Waals surface area (Å²) in [6, 6.07) is 18.2. The van der Waals surface area contributed by atoms with Gasteiger partial charge in [0.15, 0.2) is 11.5 Å².